The molecule has 6 nitrogen and oxygen atoms in total. The van der Waals surface area contributed by atoms with Crippen molar-refractivity contribution >= 4 is 16.0 Å². The normalized spacial score (nSPS) is 19.2. The Morgan fingerprint density at radius 3 is 2.38 bits per heavy atom. The smallest absolute Gasteiger partial charge is 0.306 e. The van der Waals surface area contributed by atoms with Gasteiger partial charge in [0.1, 0.15) is 18.5 Å². The number of benzene rings is 2. The Hall–Kier alpha value is -2.38. The van der Waals surface area contributed by atoms with Gasteiger partial charge in [-0.2, -0.15) is 8.42 Å². The Balaban J connectivity index is 1.74. The van der Waals surface area contributed by atoms with E-state index in [2.05, 4.69) is 0 Å². The maximum atomic E-state index is 12.3. The van der Waals surface area contributed by atoms with Crippen molar-refractivity contribution in [1.29, 1.82) is 0 Å². The molecule has 0 radical (unpaired) electrons. The Morgan fingerprint density at radius 1 is 1.12 bits per heavy atom. The molecule has 26 heavy (non-hydrogen) atoms. The molecule has 3 rings (SSSR count). The third-order valence-electron chi connectivity index (χ3n) is 4.34. The zero-order valence-corrected chi connectivity index (χ0v) is 15.5. The third kappa shape index (κ3) is 4.42. The van der Waals surface area contributed by atoms with E-state index in [0.717, 1.165) is 17.4 Å². The molecule has 0 spiro atoms. The van der Waals surface area contributed by atoms with Gasteiger partial charge in [-0.15, -0.1) is 0 Å². The number of hydrogen-bond acceptors (Lipinski definition) is 5. The molecule has 2 atom stereocenters. The molecule has 1 amide bonds. The van der Waals surface area contributed by atoms with E-state index in [1.807, 2.05) is 42.2 Å². The summed E-state index contributed by atoms with van der Waals surface area (Å²) in [6.07, 6.45) is 0.728. The molecule has 0 saturated carbocycles. The van der Waals surface area contributed by atoms with Crippen LogP contribution in [0.1, 0.15) is 30.2 Å². The summed E-state index contributed by atoms with van der Waals surface area (Å²) in [6.45, 7) is 2.45. The van der Waals surface area contributed by atoms with Gasteiger partial charge < -0.3 is 13.8 Å². The average Bonchev–Trinajstić information content (AvgIpc) is 2.62. The molecule has 0 aromatic heterocycles. The van der Waals surface area contributed by atoms with Crippen LogP contribution in [0.25, 0.3) is 0 Å². The Labute approximate surface area is 153 Å². The van der Waals surface area contributed by atoms with Crippen molar-refractivity contribution in [2.24, 2.45) is 0 Å². The lowest BCUT2D eigenvalue weighted by Crippen LogP contribution is -2.44. The van der Waals surface area contributed by atoms with E-state index in [4.69, 9.17) is 8.92 Å². The molecule has 0 N–H and O–H groups in total. The second kappa shape index (κ2) is 7.47. The van der Waals surface area contributed by atoms with Crippen molar-refractivity contribution in [2.45, 2.75) is 19.1 Å². The van der Waals surface area contributed by atoms with Crippen molar-refractivity contribution in [1.82, 2.24) is 4.90 Å². The maximum Gasteiger partial charge on any atom is 0.306 e. The van der Waals surface area contributed by atoms with Gasteiger partial charge in [-0.1, -0.05) is 42.5 Å². The zero-order valence-electron chi connectivity index (χ0n) is 14.7. The van der Waals surface area contributed by atoms with Gasteiger partial charge in [0.25, 0.3) is 0 Å². The molecule has 2 aromatic carbocycles. The van der Waals surface area contributed by atoms with Gasteiger partial charge in [0.05, 0.1) is 18.8 Å². The number of nitrogens with zero attached hydrogens (tertiary/aromatic N) is 1. The molecule has 1 saturated heterocycles. The highest BCUT2D eigenvalue weighted by Gasteiger charge is 2.31. The number of ether oxygens (including phenoxy) is 1. The van der Waals surface area contributed by atoms with E-state index in [1.165, 1.54) is 0 Å². The molecule has 1 aliphatic heterocycles. The fraction of sp³-hybridized carbons (Fsp3) is 0.316. The fourth-order valence-electron chi connectivity index (χ4n) is 2.99. The summed E-state index contributed by atoms with van der Waals surface area (Å²) in [5.74, 6) is 0.201. The van der Waals surface area contributed by atoms with Gasteiger partial charge in [0.2, 0.25) is 5.91 Å². The van der Waals surface area contributed by atoms with Crippen LogP contribution in [-0.2, 0) is 19.6 Å². The van der Waals surface area contributed by atoms with Gasteiger partial charge in [-0.3, -0.25) is 4.79 Å². The summed E-state index contributed by atoms with van der Waals surface area (Å²) in [7, 11) is -3.56. The van der Waals surface area contributed by atoms with Crippen molar-refractivity contribution < 1.29 is 22.1 Å². The first kappa shape index (κ1) is 18.4. The molecule has 1 heterocycles. The first-order valence-corrected chi connectivity index (χ1v) is 10.1. The average molecular weight is 375 g/mol. The maximum absolute atomic E-state index is 12.3. The number of hydrogen-bond donors (Lipinski definition) is 0. The summed E-state index contributed by atoms with van der Waals surface area (Å²) in [6, 6.07) is 16.5. The molecule has 7 heteroatoms. The highest BCUT2D eigenvalue weighted by molar-refractivity contribution is 7.86. The van der Waals surface area contributed by atoms with E-state index in [1.54, 1.807) is 24.3 Å². The molecule has 2 aromatic rings. The van der Waals surface area contributed by atoms with Gasteiger partial charge >= 0.3 is 10.1 Å². The molecule has 1 aliphatic rings. The van der Waals surface area contributed by atoms with Crippen LogP contribution >= 0.6 is 0 Å². The van der Waals surface area contributed by atoms with E-state index in [-0.39, 0.29) is 30.4 Å². The number of rotatable bonds is 5. The fourth-order valence-corrected chi connectivity index (χ4v) is 3.45. The molecule has 0 aliphatic carbocycles. The van der Waals surface area contributed by atoms with Crippen LogP contribution in [-0.4, -0.2) is 38.6 Å². The Kier molecular flexibility index (Phi) is 5.29. The van der Waals surface area contributed by atoms with Gasteiger partial charge in [-0.05, 0) is 30.2 Å². The number of amides is 1. The lowest BCUT2D eigenvalue weighted by molar-refractivity contribution is -0.152. The van der Waals surface area contributed by atoms with E-state index < -0.39 is 10.1 Å². The second-order valence-corrected chi connectivity index (χ2v) is 7.86. The number of carbonyl (C=O) groups is 1. The first-order valence-electron chi connectivity index (χ1n) is 8.29. The molecule has 0 unspecified atom stereocenters. The van der Waals surface area contributed by atoms with Crippen LogP contribution in [0.2, 0.25) is 0 Å². The summed E-state index contributed by atoms with van der Waals surface area (Å²) in [5.41, 5.74) is 1.93. The summed E-state index contributed by atoms with van der Waals surface area (Å²) < 4.78 is 32.9. The quantitative estimate of drug-likeness (QED) is 0.752. The lowest BCUT2D eigenvalue weighted by atomic mass is 10.0. The number of morpholine rings is 1. The van der Waals surface area contributed by atoms with Crippen molar-refractivity contribution in [2.75, 3.05) is 19.4 Å². The Morgan fingerprint density at radius 2 is 1.77 bits per heavy atom. The summed E-state index contributed by atoms with van der Waals surface area (Å²) in [5, 5.41) is 0. The van der Waals surface area contributed by atoms with E-state index >= 15 is 0 Å². The van der Waals surface area contributed by atoms with Crippen LogP contribution in [0.15, 0.2) is 54.6 Å². The molecular weight excluding hydrogens is 354 g/mol. The highest BCUT2D eigenvalue weighted by atomic mass is 32.2. The SMILES string of the molecule is C[C@H](c1ccccc1)N1C[C@H](c2ccc(OS(C)(=O)=O)cc2)OCC1=O. The predicted octanol–water partition coefficient (Wildman–Crippen LogP) is 2.69. The van der Waals surface area contributed by atoms with Gasteiger partial charge in [0.15, 0.2) is 0 Å². The third-order valence-corrected chi connectivity index (χ3v) is 4.84. The van der Waals surface area contributed by atoms with Crippen molar-refractivity contribution in [3.8, 4) is 5.75 Å². The second-order valence-electron chi connectivity index (χ2n) is 6.29. The van der Waals surface area contributed by atoms with Crippen LogP contribution in [0.5, 0.6) is 5.75 Å². The minimum absolute atomic E-state index is 0.0173. The largest absolute Gasteiger partial charge is 0.383 e. The molecule has 138 valence electrons. The van der Waals surface area contributed by atoms with Crippen LogP contribution in [0, 0.1) is 0 Å². The topological polar surface area (TPSA) is 72.9 Å². The standard InChI is InChI=1S/C19H21NO5S/c1-14(15-6-4-3-5-7-15)20-12-18(24-13-19(20)21)16-8-10-17(11-9-16)25-26(2,22)23/h3-11,14,18H,12-13H2,1-2H3/t14-,18-/m1/s1. The molecule has 1 fully saturated rings. The summed E-state index contributed by atoms with van der Waals surface area (Å²) in [4.78, 5) is 14.1. The van der Waals surface area contributed by atoms with Gasteiger partial charge in [-0.25, -0.2) is 0 Å². The molecular formula is C19H21NO5S. The lowest BCUT2D eigenvalue weighted by Gasteiger charge is -2.37. The van der Waals surface area contributed by atoms with E-state index in [0.29, 0.717) is 6.54 Å². The van der Waals surface area contributed by atoms with Crippen LogP contribution in [0.3, 0.4) is 0 Å². The predicted molar refractivity (Wildman–Crippen MR) is 97.2 cm³/mol. The minimum Gasteiger partial charge on any atom is -0.383 e. The Bertz CT molecular complexity index is 865. The van der Waals surface area contributed by atoms with Crippen molar-refractivity contribution in [3.05, 3.63) is 65.7 Å². The van der Waals surface area contributed by atoms with E-state index in [9.17, 15) is 13.2 Å². The highest BCUT2D eigenvalue weighted by Crippen LogP contribution is 2.30. The summed E-state index contributed by atoms with van der Waals surface area (Å²) >= 11 is 0. The number of carbonyl (C=O) groups excluding carboxylic acids is 1. The van der Waals surface area contributed by atoms with Gasteiger partial charge in [0, 0.05) is 0 Å². The van der Waals surface area contributed by atoms with Crippen LogP contribution < -0.4 is 4.18 Å². The van der Waals surface area contributed by atoms with Crippen LogP contribution in [0.4, 0.5) is 0 Å². The first-order chi connectivity index (χ1) is 12.3. The minimum atomic E-state index is -3.56. The zero-order chi connectivity index (χ0) is 18.7. The molecule has 0 bridgehead atoms. The monoisotopic (exact) mass is 375 g/mol. The van der Waals surface area contributed by atoms with Crippen molar-refractivity contribution in [3.63, 3.8) is 0 Å².